The number of sulfonamides is 1. The van der Waals surface area contributed by atoms with Crippen LogP contribution in [-0.2, 0) is 26.6 Å². The summed E-state index contributed by atoms with van der Waals surface area (Å²) in [6.45, 7) is 3.19. The minimum Gasteiger partial charge on any atom is -0.465 e. The molecule has 1 aromatic heterocycles. The average Bonchev–Trinajstić information content (AvgIpc) is 2.60. The number of carbonyl (C=O) groups is 1. The number of nitrogens with zero attached hydrogens (tertiary/aromatic N) is 2. The minimum absolute atomic E-state index is 0.0291. The van der Waals surface area contributed by atoms with Gasteiger partial charge in [-0.3, -0.25) is 4.79 Å². The number of aryl methyl sites for hydroxylation is 1. The Morgan fingerprint density at radius 1 is 1.67 bits per heavy atom. The van der Waals surface area contributed by atoms with Crippen LogP contribution in [0.25, 0.3) is 0 Å². The van der Waals surface area contributed by atoms with E-state index in [0.717, 1.165) is 0 Å². The number of hydrogen-bond acceptors (Lipinski definition) is 5. The lowest BCUT2D eigenvalue weighted by atomic mass is 10.4. The van der Waals surface area contributed by atoms with Crippen LogP contribution < -0.4 is 4.72 Å². The van der Waals surface area contributed by atoms with Gasteiger partial charge in [0, 0.05) is 7.05 Å². The maximum absolute atomic E-state index is 11.9. The first kappa shape index (κ1) is 14.9. The molecule has 0 aliphatic carbocycles. The van der Waals surface area contributed by atoms with E-state index in [0.29, 0.717) is 0 Å². The molecule has 1 rings (SSSR count). The Kier molecular flexibility index (Phi) is 4.71. The zero-order chi connectivity index (χ0) is 13.9. The second-order valence-corrected chi connectivity index (χ2v) is 5.53. The van der Waals surface area contributed by atoms with Gasteiger partial charge in [-0.1, -0.05) is 11.6 Å². The van der Waals surface area contributed by atoms with Gasteiger partial charge >= 0.3 is 5.97 Å². The van der Waals surface area contributed by atoms with Crippen molar-refractivity contribution in [3.05, 3.63) is 11.5 Å². The molecule has 0 radical (unpaired) electrons. The SMILES string of the molecule is CCOC(=O)C(C)NS(=O)(=O)c1ncn(C)c1Cl. The predicted molar refractivity (Wildman–Crippen MR) is 64.6 cm³/mol. The normalized spacial score (nSPS) is 13.3. The molecule has 7 nitrogen and oxygen atoms in total. The van der Waals surface area contributed by atoms with Gasteiger partial charge in [0.15, 0.2) is 0 Å². The molecule has 1 aromatic rings. The average molecular weight is 296 g/mol. The maximum Gasteiger partial charge on any atom is 0.323 e. The number of carbonyl (C=O) groups excluding carboxylic acids is 1. The molecule has 1 heterocycles. The van der Waals surface area contributed by atoms with E-state index >= 15 is 0 Å². The van der Waals surface area contributed by atoms with Crippen molar-refractivity contribution in [2.45, 2.75) is 24.9 Å². The van der Waals surface area contributed by atoms with Crippen LogP contribution >= 0.6 is 11.6 Å². The lowest BCUT2D eigenvalue weighted by molar-refractivity contribution is -0.144. The molecule has 1 N–H and O–H groups in total. The number of nitrogens with one attached hydrogen (secondary N) is 1. The number of hydrogen-bond donors (Lipinski definition) is 1. The van der Waals surface area contributed by atoms with Crippen molar-refractivity contribution >= 4 is 27.6 Å². The van der Waals surface area contributed by atoms with Crippen molar-refractivity contribution in [3.8, 4) is 0 Å². The highest BCUT2D eigenvalue weighted by atomic mass is 35.5. The summed E-state index contributed by atoms with van der Waals surface area (Å²) in [5, 5.41) is -0.346. The molecule has 0 aromatic carbocycles. The van der Waals surface area contributed by atoms with Crippen LogP contribution in [-0.4, -0.2) is 36.6 Å². The summed E-state index contributed by atoms with van der Waals surface area (Å²) < 4.78 is 32.0. The van der Waals surface area contributed by atoms with Crippen LogP contribution in [0.4, 0.5) is 0 Å². The number of halogens is 1. The molecule has 0 amide bonds. The van der Waals surface area contributed by atoms with Gasteiger partial charge in [-0.05, 0) is 13.8 Å². The van der Waals surface area contributed by atoms with E-state index in [1.165, 1.54) is 17.8 Å². The highest BCUT2D eigenvalue weighted by Crippen LogP contribution is 2.18. The summed E-state index contributed by atoms with van der Waals surface area (Å²) in [5.41, 5.74) is 0. The smallest absolute Gasteiger partial charge is 0.323 e. The van der Waals surface area contributed by atoms with Gasteiger partial charge in [-0.15, -0.1) is 0 Å². The van der Waals surface area contributed by atoms with E-state index in [1.54, 1.807) is 14.0 Å². The number of imidazole rings is 1. The van der Waals surface area contributed by atoms with Crippen LogP contribution in [0.3, 0.4) is 0 Å². The molecule has 0 saturated carbocycles. The topological polar surface area (TPSA) is 90.3 Å². The quantitative estimate of drug-likeness (QED) is 0.789. The van der Waals surface area contributed by atoms with Crippen molar-refractivity contribution in [3.63, 3.8) is 0 Å². The molecule has 9 heteroatoms. The monoisotopic (exact) mass is 295 g/mol. The van der Waals surface area contributed by atoms with Crippen molar-refractivity contribution in [2.24, 2.45) is 7.05 Å². The Morgan fingerprint density at radius 2 is 2.28 bits per heavy atom. The van der Waals surface area contributed by atoms with Gasteiger partial charge in [0.1, 0.15) is 11.2 Å². The number of rotatable bonds is 5. The molecule has 0 spiro atoms. The van der Waals surface area contributed by atoms with E-state index in [-0.39, 0.29) is 16.8 Å². The van der Waals surface area contributed by atoms with Crippen molar-refractivity contribution < 1.29 is 17.9 Å². The lowest BCUT2D eigenvalue weighted by Gasteiger charge is -2.11. The van der Waals surface area contributed by atoms with E-state index in [2.05, 4.69) is 9.71 Å². The van der Waals surface area contributed by atoms with Crippen molar-refractivity contribution in [2.75, 3.05) is 6.61 Å². The van der Waals surface area contributed by atoms with Crippen LogP contribution in [0.2, 0.25) is 5.15 Å². The van der Waals surface area contributed by atoms with Gasteiger partial charge < -0.3 is 9.30 Å². The Labute approximate surface area is 110 Å². The fourth-order valence-electron chi connectivity index (χ4n) is 1.18. The molecule has 0 fully saturated rings. The summed E-state index contributed by atoms with van der Waals surface area (Å²) in [5.74, 6) is -0.659. The maximum atomic E-state index is 11.9. The zero-order valence-electron chi connectivity index (χ0n) is 10.2. The van der Waals surface area contributed by atoms with Crippen molar-refractivity contribution in [1.29, 1.82) is 0 Å². The first-order valence-corrected chi connectivity index (χ1v) is 7.01. The summed E-state index contributed by atoms with van der Waals surface area (Å²) in [7, 11) is -2.39. The summed E-state index contributed by atoms with van der Waals surface area (Å²) >= 11 is 5.78. The molecular formula is C9H14ClN3O4S. The van der Waals surface area contributed by atoms with Gasteiger partial charge in [0.25, 0.3) is 10.0 Å². The molecule has 102 valence electrons. The van der Waals surface area contributed by atoms with Gasteiger partial charge in [-0.25, -0.2) is 13.4 Å². The van der Waals surface area contributed by atoms with Crippen LogP contribution in [0.15, 0.2) is 11.4 Å². The molecule has 1 atom stereocenters. The molecule has 0 aliphatic heterocycles. The number of esters is 1. The van der Waals surface area contributed by atoms with Crippen LogP contribution in [0.1, 0.15) is 13.8 Å². The van der Waals surface area contributed by atoms with Gasteiger partial charge in [0.2, 0.25) is 5.03 Å². The predicted octanol–water partition coefficient (Wildman–Crippen LogP) is 0.303. The van der Waals surface area contributed by atoms with Gasteiger partial charge in [-0.2, -0.15) is 4.72 Å². The van der Waals surface area contributed by atoms with E-state index < -0.39 is 22.0 Å². The molecular weight excluding hydrogens is 282 g/mol. The van der Waals surface area contributed by atoms with E-state index in [9.17, 15) is 13.2 Å². The summed E-state index contributed by atoms with van der Waals surface area (Å²) in [6, 6.07) is -1.01. The van der Waals surface area contributed by atoms with E-state index in [1.807, 2.05) is 0 Å². The molecule has 0 bridgehead atoms. The minimum atomic E-state index is -3.95. The second kappa shape index (κ2) is 5.68. The van der Waals surface area contributed by atoms with Crippen LogP contribution in [0, 0.1) is 0 Å². The highest BCUT2D eigenvalue weighted by molar-refractivity contribution is 7.89. The molecule has 0 saturated heterocycles. The fourth-order valence-corrected chi connectivity index (χ4v) is 2.80. The fraction of sp³-hybridized carbons (Fsp3) is 0.556. The lowest BCUT2D eigenvalue weighted by Crippen LogP contribution is -2.39. The molecule has 1 unspecified atom stereocenters. The Hall–Kier alpha value is -1.12. The zero-order valence-corrected chi connectivity index (χ0v) is 11.7. The first-order chi connectivity index (χ1) is 8.29. The Morgan fingerprint density at radius 3 is 2.72 bits per heavy atom. The molecule has 18 heavy (non-hydrogen) atoms. The van der Waals surface area contributed by atoms with E-state index in [4.69, 9.17) is 16.3 Å². The third-order valence-electron chi connectivity index (χ3n) is 2.06. The van der Waals surface area contributed by atoms with Crippen LogP contribution in [0.5, 0.6) is 0 Å². The third kappa shape index (κ3) is 3.21. The standard InChI is InChI=1S/C9H14ClN3O4S/c1-4-17-9(14)6(2)12-18(15,16)8-7(10)13(3)5-11-8/h5-6,12H,4H2,1-3H3. The van der Waals surface area contributed by atoms with Gasteiger partial charge in [0.05, 0.1) is 12.9 Å². The third-order valence-corrected chi connectivity index (χ3v) is 4.09. The summed E-state index contributed by atoms with van der Waals surface area (Å²) in [4.78, 5) is 15.0. The second-order valence-electron chi connectivity index (χ2n) is 3.55. The number of aromatic nitrogens is 2. The molecule has 0 aliphatic rings. The Bertz CT molecular complexity index is 540. The highest BCUT2D eigenvalue weighted by Gasteiger charge is 2.27. The number of ether oxygens (including phenoxy) is 1. The first-order valence-electron chi connectivity index (χ1n) is 5.15. The van der Waals surface area contributed by atoms with Crippen molar-refractivity contribution in [1.82, 2.24) is 14.3 Å². The Balaban J connectivity index is 2.89. The summed E-state index contributed by atoms with van der Waals surface area (Å²) in [6.07, 6.45) is 1.27. The largest absolute Gasteiger partial charge is 0.465 e.